The fraction of sp³-hybridized carbons (Fsp3) is 0.583. The van der Waals surface area contributed by atoms with Gasteiger partial charge in [0.25, 0.3) is 0 Å². The average Bonchev–Trinajstić information content (AvgIpc) is 2.39. The Morgan fingerprint density at radius 3 is 3.18 bits per heavy atom. The van der Waals surface area contributed by atoms with Crippen LogP contribution in [-0.2, 0) is 4.74 Å². The number of nitrogens with two attached hydrogens (primary N) is 1. The third kappa shape index (κ3) is 2.08. The number of nitrogens with zero attached hydrogens (tertiary/aromatic N) is 3. The van der Waals surface area contributed by atoms with Crippen molar-refractivity contribution in [2.45, 2.75) is 6.04 Å². The minimum absolute atomic E-state index is 0.505. The highest BCUT2D eigenvalue weighted by Crippen LogP contribution is 2.25. The van der Waals surface area contributed by atoms with Gasteiger partial charge in [-0.1, -0.05) is 0 Å². The largest absolute Gasteiger partial charge is 0.396 e. The number of pyridine rings is 1. The lowest BCUT2D eigenvalue weighted by atomic mass is 10.1. The standard InChI is InChI=1S/C12H18N4O/c13-11-7-14-2-1-12(11)16-4-3-15-5-6-17-9-10(15)8-16/h1-2,7,10H,3-6,8-9,13H2/t10-/m1/s1. The van der Waals surface area contributed by atoms with Crippen molar-refractivity contribution in [1.29, 1.82) is 0 Å². The number of anilines is 2. The summed E-state index contributed by atoms with van der Waals surface area (Å²) in [5.74, 6) is 0. The molecule has 5 nitrogen and oxygen atoms in total. The Morgan fingerprint density at radius 1 is 1.35 bits per heavy atom. The van der Waals surface area contributed by atoms with Crippen LogP contribution in [0.15, 0.2) is 18.5 Å². The lowest BCUT2D eigenvalue weighted by Gasteiger charge is -2.44. The van der Waals surface area contributed by atoms with Crippen LogP contribution >= 0.6 is 0 Å². The summed E-state index contributed by atoms with van der Waals surface area (Å²) < 4.78 is 5.54. The van der Waals surface area contributed by atoms with Gasteiger partial charge in [-0.05, 0) is 6.07 Å². The van der Waals surface area contributed by atoms with Crippen LogP contribution in [0, 0.1) is 0 Å². The van der Waals surface area contributed by atoms with Gasteiger partial charge in [0.2, 0.25) is 0 Å². The van der Waals surface area contributed by atoms with Crippen molar-refractivity contribution in [3.05, 3.63) is 18.5 Å². The molecule has 0 amide bonds. The summed E-state index contributed by atoms with van der Waals surface area (Å²) in [7, 11) is 0. The van der Waals surface area contributed by atoms with Crippen molar-refractivity contribution in [2.24, 2.45) is 0 Å². The number of fused-ring (bicyclic) bond motifs is 1. The number of hydrogen-bond acceptors (Lipinski definition) is 5. The first-order valence-electron chi connectivity index (χ1n) is 6.11. The molecule has 0 aromatic carbocycles. The minimum Gasteiger partial charge on any atom is -0.396 e. The van der Waals surface area contributed by atoms with E-state index in [0.29, 0.717) is 6.04 Å². The highest BCUT2D eigenvalue weighted by molar-refractivity contribution is 5.66. The number of ether oxygens (including phenoxy) is 1. The molecule has 0 unspecified atom stereocenters. The van der Waals surface area contributed by atoms with Gasteiger partial charge in [0.15, 0.2) is 0 Å². The van der Waals surface area contributed by atoms with Crippen molar-refractivity contribution in [3.8, 4) is 0 Å². The van der Waals surface area contributed by atoms with Crippen molar-refractivity contribution in [1.82, 2.24) is 9.88 Å². The van der Waals surface area contributed by atoms with Crippen LogP contribution in [0.1, 0.15) is 0 Å². The topological polar surface area (TPSA) is 54.6 Å². The van der Waals surface area contributed by atoms with Gasteiger partial charge in [-0.2, -0.15) is 0 Å². The maximum atomic E-state index is 5.97. The van der Waals surface area contributed by atoms with Gasteiger partial charge in [0.1, 0.15) is 0 Å². The summed E-state index contributed by atoms with van der Waals surface area (Å²) in [6, 6.07) is 2.50. The van der Waals surface area contributed by atoms with Crippen LogP contribution in [0.25, 0.3) is 0 Å². The second-order valence-corrected chi connectivity index (χ2v) is 4.65. The van der Waals surface area contributed by atoms with Gasteiger partial charge < -0.3 is 15.4 Å². The van der Waals surface area contributed by atoms with Gasteiger partial charge in [-0.15, -0.1) is 0 Å². The van der Waals surface area contributed by atoms with Gasteiger partial charge in [0.05, 0.1) is 36.8 Å². The fourth-order valence-corrected chi connectivity index (χ4v) is 2.65. The van der Waals surface area contributed by atoms with Crippen molar-refractivity contribution in [2.75, 3.05) is 50.0 Å². The van der Waals surface area contributed by atoms with E-state index in [1.807, 2.05) is 6.07 Å². The van der Waals surface area contributed by atoms with Crippen molar-refractivity contribution >= 4 is 11.4 Å². The zero-order valence-corrected chi connectivity index (χ0v) is 9.88. The molecule has 1 atom stereocenters. The van der Waals surface area contributed by atoms with Crippen LogP contribution in [0.4, 0.5) is 11.4 Å². The minimum atomic E-state index is 0.505. The van der Waals surface area contributed by atoms with E-state index in [1.54, 1.807) is 12.4 Å². The van der Waals surface area contributed by atoms with E-state index in [1.165, 1.54) is 0 Å². The third-order valence-electron chi connectivity index (χ3n) is 3.61. The van der Waals surface area contributed by atoms with E-state index >= 15 is 0 Å². The molecule has 1 aromatic heterocycles. The molecule has 92 valence electrons. The first-order valence-corrected chi connectivity index (χ1v) is 6.11. The van der Waals surface area contributed by atoms with Crippen LogP contribution < -0.4 is 10.6 Å². The van der Waals surface area contributed by atoms with Gasteiger partial charge in [0, 0.05) is 32.4 Å². The molecular formula is C12H18N4O. The van der Waals surface area contributed by atoms with Crippen LogP contribution in [0.3, 0.4) is 0 Å². The molecule has 3 heterocycles. The highest BCUT2D eigenvalue weighted by Gasteiger charge is 2.30. The maximum absolute atomic E-state index is 5.97. The molecule has 0 saturated carbocycles. The lowest BCUT2D eigenvalue weighted by Crippen LogP contribution is -2.58. The van der Waals surface area contributed by atoms with Crippen molar-refractivity contribution in [3.63, 3.8) is 0 Å². The summed E-state index contributed by atoms with van der Waals surface area (Å²) in [5, 5.41) is 0. The summed E-state index contributed by atoms with van der Waals surface area (Å²) in [6.07, 6.45) is 3.52. The Balaban J connectivity index is 1.76. The molecule has 2 saturated heterocycles. The van der Waals surface area contributed by atoms with E-state index in [-0.39, 0.29) is 0 Å². The van der Waals surface area contributed by atoms with Crippen LogP contribution in [-0.4, -0.2) is 55.3 Å². The number of hydrogen-bond donors (Lipinski definition) is 1. The van der Waals surface area contributed by atoms with E-state index in [2.05, 4.69) is 14.8 Å². The number of morpholine rings is 1. The number of rotatable bonds is 1. The number of nitrogen functional groups attached to an aromatic ring is 1. The SMILES string of the molecule is Nc1cnccc1N1CCN2CCOC[C@H]2C1. The second kappa shape index (κ2) is 4.50. The van der Waals surface area contributed by atoms with Gasteiger partial charge in [-0.25, -0.2) is 0 Å². The molecule has 0 radical (unpaired) electrons. The fourth-order valence-electron chi connectivity index (χ4n) is 2.65. The Hall–Kier alpha value is -1.33. The number of piperazine rings is 1. The zero-order chi connectivity index (χ0) is 11.7. The van der Waals surface area contributed by atoms with E-state index in [9.17, 15) is 0 Å². The molecule has 2 aliphatic rings. The number of aromatic nitrogens is 1. The molecular weight excluding hydrogens is 216 g/mol. The Kier molecular flexibility index (Phi) is 2.86. The zero-order valence-electron chi connectivity index (χ0n) is 9.88. The molecule has 5 heteroatoms. The average molecular weight is 234 g/mol. The Morgan fingerprint density at radius 2 is 2.29 bits per heavy atom. The highest BCUT2D eigenvalue weighted by atomic mass is 16.5. The van der Waals surface area contributed by atoms with Crippen LogP contribution in [0.5, 0.6) is 0 Å². The third-order valence-corrected chi connectivity index (χ3v) is 3.61. The molecule has 0 bridgehead atoms. The van der Waals surface area contributed by atoms with E-state index in [0.717, 1.165) is 50.8 Å². The summed E-state index contributed by atoms with van der Waals surface area (Å²) in [6.45, 7) is 5.88. The first kappa shape index (κ1) is 10.8. The summed E-state index contributed by atoms with van der Waals surface area (Å²) in [5.41, 5.74) is 7.83. The quantitative estimate of drug-likeness (QED) is 0.751. The molecule has 17 heavy (non-hydrogen) atoms. The molecule has 3 rings (SSSR count). The maximum Gasteiger partial charge on any atom is 0.0738 e. The summed E-state index contributed by atoms with van der Waals surface area (Å²) >= 11 is 0. The van der Waals surface area contributed by atoms with E-state index < -0.39 is 0 Å². The monoisotopic (exact) mass is 234 g/mol. The smallest absolute Gasteiger partial charge is 0.0738 e. The van der Waals surface area contributed by atoms with Gasteiger partial charge >= 0.3 is 0 Å². The Labute approximate surface area is 101 Å². The Bertz CT molecular complexity index is 398. The molecule has 2 fully saturated rings. The predicted octanol–water partition coefficient (Wildman–Crippen LogP) is 0.185. The molecule has 2 N–H and O–H groups in total. The lowest BCUT2D eigenvalue weighted by molar-refractivity contribution is -0.0116. The molecule has 1 aromatic rings. The van der Waals surface area contributed by atoms with E-state index in [4.69, 9.17) is 10.5 Å². The van der Waals surface area contributed by atoms with Gasteiger partial charge in [-0.3, -0.25) is 9.88 Å². The first-order chi connectivity index (χ1) is 8.34. The second-order valence-electron chi connectivity index (χ2n) is 4.65. The summed E-state index contributed by atoms with van der Waals surface area (Å²) in [4.78, 5) is 8.89. The van der Waals surface area contributed by atoms with Crippen molar-refractivity contribution < 1.29 is 4.74 Å². The normalized spacial score (nSPS) is 25.6. The molecule has 0 spiro atoms. The molecule has 0 aliphatic carbocycles. The predicted molar refractivity (Wildman–Crippen MR) is 67.0 cm³/mol. The van der Waals surface area contributed by atoms with Crippen LogP contribution in [0.2, 0.25) is 0 Å². The molecule has 2 aliphatic heterocycles.